The van der Waals surface area contributed by atoms with E-state index in [1.165, 1.54) is 43.8 Å². The molecule has 0 aliphatic heterocycles. The van der Waals surface area contributed by atoms with Gasteiger partial charge in [0, 0.05) is 9.52 Å². The SMILES string of the molecule is Brc1cccc2[cH-]c(-c3ccccc3)cc12.Brc1cccc2[cH-]c(-c3ccccc3)cc12.C[Si]C.[Cl][Zr+2][Cl]. The zero-order chi connectivity index (χ0) is 27.3. The molecule has 38 heavy (non-hydrogen) atoms. The van der Waals surface area contributed by atoms with Crippen molar-refractivity contribution >= 4 is 80.0 Å². The molecule has 0 nitrogen and oxygen atoms in total. The van der Waals surface area contributed by atoms with Gasteiger partial charge < -0.3 is 0 Å². The van der Waals surface area contributed by atoms with Gasteiger partial charge in [-0.1, -0.05) is 141 Å². The summed E-state index contributed by atoms with van der Waals surface area (Å²) >= 11 is 6.34. The molecule has 0 aliphatic carbocycles. The maximum absolute atomic E-state index is 4.93. The van der Waals surface area contributed by atoms with Crippen LogP contribution in [0.1, 0.15) is 0 Å². The summed E-state index contributed by atoms with van der Waals surface area (Å²) in [4.78, 5) is 0. The van der Waals surface area contributed by atoms with Crippen LogP contribution in [0.2, 0.25) is 13.1 Å². The first-order valence-corrected chi connectivity index (χ1v) is 21.8. The van der Waals surface area contributed by atoms with Gasteiger partial charge in [-0.15, -0.1) is 69.1 Å². The molecular formula is C32H26Br2Cl2SiZr. The second-order valence-electron chi connectivity index (χ2n) is 8.28. The molecule has 0 amide bonds. The van der Waals surface area contributed by atoms with E-state index in [1.54, 1.807) is 0 Å². The van der Waals surface area contributed by atoms with Crippen molar-refractivity contribution in [1.29, 1.82) is 0 Å². The molecule has 6 aromatic carbocycles. The summed E-state index contributed by atoms with van der Waals surface area (Å²) in [6, 6.07) is 42.5. The number of halogens is 4. The first-order valence-electron chi connectivity index (χ1n) is 11.9. The Morgan fingerprint density at radius 3 is 1.24 bits per heavy atom. The molecule has 0 saturated heterocycles. The Morgan fingerprint density at radius 2 is 0.921 bits per heavy atom. The molecule has 6 aromatic rings. The van der Waals surface area contributed by atoms with E-state index < -0.39 is 20.8 Å². The van der Waals surface area contributed by atoms with Crippen molar-refractivity contribution in [1.82, 2.24) is 0 Å². The first kappa shape index (κ1) is 31.3. The van der Waals surface area contributed by atoms with Crippen molar-refractivity contribution in [3.8, 4) is 22.3 Å². The standard InChI is InChI=1S/2C15H10Br.C2H6Si.2ClH.Zr/c2*16-15-8-4-7-12-9-13(10-14(12)15)11-5-2-1-3-6-11;1-3-2;;;/h2*1-10H;1-2H3;2*1H;/q2*-1;;;;+4/p-2. The maximum atomic E-state index is 4.93. The van der Waals surface area contributed by atoms with Crippen molar-refractivity contribution in [2.45, 2.75) is 13.1 Å². The van der Waals surface area contributed by atoms with Crippen LogP contribution >= 0.6 is 48.9 Å². The molecule has 6 rings (SSSR count). The van der Waals surface area contributed by atoms with Crippen LogP contribution in [-0.2, 0) is 20.8 Å². The molecule has 0 N–H and O–H groups in total. The quantitative estimate of drug-likeness (QED) is 0.122. The molecule has 0 saturated carbocycles. The van der Waals surface area contributed by atoms with Crippen molar-refractivity contribution in [2.75, 3.05) is 0 Å². The summed E-state index contributed by atoms with van der Waals surface area (Å²) in [5.41, 5.74) is 5.10. The summed E-state index contributed by atoms with van der Waals surface area (Å²) < 4.78 is 2.32. The summed E-state index contributed by atoms with van der Waals surface area (Å²) in [5, 5.41) is 5.13. The number of benzene rings is 4. The van der Waals surface area contributed by atoms with Gasteiger partial charge in [0.25, 0.3) is 0 Å². The molecule has 0 unspecified atom stereocenters. The van der Waals surface area contributed by atoms with Gasteiger partial charge in [0.05, 0.1) is 0 Å². The van der Waals surface area contributed by atoms with Crippen LogP contribution in [-0.4, -0.2) is 9.52 Å². The molecule has 0 heterocycles. The fraction of sp³-hybridized carbons (Fsp3) is 0.0625. The second kappa shape index (κ2) is 16.8. The Kier molecular flexibility index (Phi) is 13.8. The van der Waals surface area contributed by atoms with Gasteiger partial charge in [-0.2, -0.15) is 0 Å². The van der Waals surface area contributed by atoms with Crippen molar-refractivity contribution in [3.63, 3.8) is 0 Å². The Morgan fingerprint density at radius 1 is 0.579 bits per heavy atom. The van der Waals surface area contributed by atoms with Crippen LogP contribution in [0.4, 0.5) is 0 Å². The molecule has 0 spiro atoms. The van der Waals surface area contributed by atoms with Crippen molar-refractivity contribution in [3.05, 3.63) is 130 Å². The van der Waals surface area contributed by atoms with Crippen LogP contribution in [0.3, 0.4) is 0 Å². The molecule has 0 aromatic heterocycles. The second-order valence-corrected chi connectivity index (χ2v) is 14.7. The number of hydrogen-bond acceptors (Lipinski definition) is 0. The summed E-state index contributed by atoms with van der Waals surface area (Å²) in [6.07, 6.45) is 0. The molecule has 6 heteroatoms. The fourth-order valence-corrected chi connectivity index (χ4v) is 4.98. The third-order valence-electron chi connectivity index (χ3n) is 5.61. The molecule has 2 radical (unpaired) electrons. The van der Waals surface area contributed by atoms with Crippen molar-refractivity contribution < 1.29 is 20.8 Å². The molecule has 0 atom stereocenters. The number of rotatable bonds is 2. The normalized spacial score (nSPS) is 9.84. The van der Waals surface area contributed by atoms with Gasteiger partial charge >= 0.3 is 37.9 Å². The van der Waals surface area contributed by atoms with E-state index in [4.69, 9.17) is 17.0 Å². The molecule has 0 aliphatic rings. The minimum atomic E-state index is -0.826. The molecule has 0 fully saturated rings. The van der Waals surface area contributed by atoms with E-state index in [9.17, 15) is 0 Å². The number of hydrogen-bond donors (Lipinski definition) is 0. The molecular weight excluding hydrogens is 734 g/mol. The fourth-order valence-electron chi connectivity index (χ4n) is 3.99. The van der Waals surface area contributed by atoms with Crippen LogP contribution in [0.25, 0.3) is 43.8 Å². The zero-order valence-electron chi connectivity index (χ0n) is 21.1. The van der Waals surface area contributed by atoms with Crippen LogP contribution < -0.4 is 0 Å². The van der Waals surface area contributed by atoms with Gasteiger partial charge in [0.1, 0.15) is 0 Å². The Balaban J connectivity index is 0.000000175. The van der Waals surface area contributed by atoms with E-state index in [2.05, 4.69) is 154 Å². The topological polar surface area (TPSA) is 0 Å². The van der Waals surface area contributed by atoms with Gasteiger partial charge in [0.2, 0.25) is 0 Å². The summed E-state index contributed by atoms with van der Waals surface area (Å²) in [6.45, 7) is 4.31. The van der Waals surface area contributed by atoms with Gasteiger partial charge in [-0.05, 0) is 8.95 Å². The monoisotopic (exact) mass is 756 g/mol. The predicted molar refractivity (Wildman–Crippen MR) is 175 cm³/mol. The first-order chi connectivity index (χ1) is 18.5. The number of fused-ring (bicyclic) bond motifs is 2. The van der Waals surface area contributed by atoms with E-state index in [0.29, 0.717) is 0 Å². The van der Waals surface area contributed by atoms with E-state index >= 15 is 0 Å². The van der Waals surface area contributed by atoms with E-state index in [-0.39, 0.29) is 0 Å². The van der Waals surface area contributed by atoms with E-state index in [1.807, 2.05) is 12.1 Å². The Bertz CT molecular complexity index is 1410. The third-order valence-corrected chi connectivity index (χ3v) is 6.99. The summed E-state index contributed by atoms with van der Waals surface area (Å²) in [7, 11) is 11.0. The third kappa shape index (κ3) is 8.88. The minimum absolute atomic E-state index is 0.826. The van der Waals surface area contributed by atoms with Crippen LogP contribution in [0, 0.1) is 0 Å². The van der Waals surface area contributed by atoms with Crippen LogP contribution in [0.5, 0.6) is 0 Å². The van der Waals surface area contributed by atoms with Gasteiger partial charge in [-0.25, -0.2) is 0 Å². The molecule has 190 valence electrons. The average Bonchev–Trinajstić information content (AvgIpc) is 3.58. The van der Waals surface area contributed by atoms with Crippen LogP contribution in [0.15, 0.2) is 130 Å². The van der Waals surface area contributed by atoms with E-state index in [0.717, 1.165) is 18.5 Å². The van der Waals surface area contributed by atoms with Gasteiger partial charge in [0.15, 0.2) is 0 Å². The predicted octanol–water partition coefficient (Wildman–Crippen LogP) is 12.1. The zero-order valence-corrected chi connectivity index (χ0v) is 29.2. The Hall–Kier alpha value is -1.26. The summed E-state index contributed by atoms with van der Waals surface area (Å²) in [5.74, 6) is 0. The molecule has 0 bridgehead atoms. The Labute approximate surface area is 263 Å². The van der Waals surface area contributed by atoms with Gasteiger partial charge in [-0.3, -0.25) is 0 Å². The average molecular weight is 761 g/mol. The van der Waals surface area contributed by atoms with Crippen molar-refractivity contribution in [2.24, 2.45) is 0 Å².